The monoisotopic (exact) mass is 274 g/mol. The first-order valence-electron chi connectivity index (χ1n) is 6.31. The largest absolute Gasteiger partial charge is 0.464 e. The molecule has 0 fully saturated rings. The fraction of sp³-hybridized carbons (Fsp3) is 0.308. The maximum Gasteiger partial charge on any atom is 0.354 e. The van der Waals surface area contributed by atoms with Crippen molar-refractivity contribution in [2.24, 2.45) is 0 Å². The van der Waals surface area contributed by atoms with Gasteiger partial charge in [0.25, 0.3) is 5.91 Å². The number of amides is 1. The van der Waals surface area contributed by atoms with Crippen LogP contribution in [0.2, 0.25) is 0 Å². The van der Waals surface area contributed by atoms with Crippen LogP contribution >= 0.6 is 0 Å². The lowest BCUT2D eigenvalue weighted by molar-refractivity contribution is 0.0595. The molecule has 1 amide bonds. The predicted octanol–water partition coefficient (Wildman–Crippen LogP) is 1.05. The molecule has 0 radical (unpaired) electrons. The number of aryl methyl sites for hydroxylation is 1. The molecule has 0 atom stereocenters. The van der Waals surface area contributed by atoms with Gasteiger partial charge in [0.1, 0.15) is 17.2 Å². The summed E-state index contributed by atoms with van der Waals surface area (Å²) in [7, 11) is 1.30. The molecule has 1 aliphatic rings. The summed E-state index contributed by atoms with van der Waals surface area (Å²) in [5, 5.41) is 4.17. The Kier molecular flexibility index (Phi) is 3.02. The van der Waals surface area contributed by atoms with Crippen molar-refractivity contribution >= 4 is 17.7 Å². The van der Waals surface area contributed by atoms with Crippen LogP contribution < -0.4 is 4.90 Å². The number of aromatic nitrogens is 3. The van der Waals surface area contributed by atoms with E-state index in [-0.39, 0.29) is 11.6 Å². The van der Waals surface area contributed by atoms with Gasteiger partial charge in [-0.2, -0.15) is 5.10 Å². The number of H-pyrrole nitrogens is 1. The van der Waals surface area contributed by atoms with E-state index < -0.39 is 5.97 Å². The van der Waals surface area contributed by atoms with Gasteiger partial charge >= 0.3 is 5.97 Å². The molecule has 0 saturated carbocycles. The number of ether oxygens (including phenoxy) is 1. The van der Waals surface area contributed by atoms with Crippen LogP contribution in [0.15, 0.2) is 24.4 Å². The summed E-state index contributed by atoms with van der Waals surface area (Å²) < 4.78 is 6.41. The molecule has 3 rings (SSSR count). The molecular weight excluding hydrogens is 260 g/mol. The molecule has 0 bridgehead atoms. The molecule has 1 aliphatic heterocycles. The second-order valence-corrected chi connectivity index (χ2v) is 4.50. The van der Waals surface area contributed by atoms with Crippen LogP contribution in [-0.2, 0) is 11.3 Å². The molecule has 0 saturated heterocycles. The van der Waals surface area contributed by atoms with Gasteiger partial charge in [0.15, 0.2) is 0 Å². The number of hydrogen-bond acceptors (Lipinski definition) is 4. The van der Waals surface area contributed by atoms with E-state index in [1.807, 2.05) is 0 Å². The third-order valence-electron chi connectivity index (χ3n) is 3.29. The van der Waals surface area contributed by atoms with E-state index in [1.54, 1.807) is 34.0 Å². The number of methoxy groups -OCH3 is 1. The number of carbonyl (C=O) groups excluding carboxylic acids is 2. The lowest BCUT2D eigenvalue weighted by Crippen LogP contribution is -2.37. The molecule has 0 unspecified atom stereocenters. The standard InChI is InChI=1S/C13H14N4O3/c1-20-13(19)10-4-3-9(15-10)12(18)16-7-2-8-17-11(16)5-6-14-17/h3-6,15H,2,7-8H2,1H3. The second-order valence-electron chi connectivity index (χ2n) is 4.50. The Bertz CT molecular complexity index is 658. The smallest absolute Gasteiger partial charge is 0.354 e. The molecule has 20 heavy (non-hydrogen) atoms. The Morgan fingerprint density at radius 2 is 2.05 bits per heavy atom. The maximum absolute atomic E-state index is 12.5. The average molecular weight is 274 g/mol. The van der Waals surface area contributed by atoms with Gasteiger partial charge in [-0.05, 0) is 18.6 Å². The molecule has 1 N–H and O–H groups in total. The lowest BCUT2D eigenvalue weighted by atomic mass is 10.2. The Morgan fingerprint density at radius 3 is 2.85 bits per heavy atom. The summed E-state index contributed by atoms with van der Waals surface area (Å²) in [5.41, 5.74) is 0.626. The first kappa shape index (κ1) is 12.5. The van der Waals surface area contributed by atoms with Crippen molar-refractivity contribution in [3.63, 3.8) is 0 Å². The Morgan fingerprint density at radius 1 is 1.25 bits per heavy atom. The molecule has 104 valence electrons. The van der Waals surface area contributed by atoms with Crippen molar-refractivity contribution in [1.29, 1.82) is 0 Å². The van der Waals surface area contributed by atoms with Crippen molar-refractivity contribution < 1.29 is 14.3 Å². The highest BCUT2D eigenvalue weighted by atomic mass is 16.5. The summed E-state index contributed by atoms with van der Waals surface area (Å²) in [6, 6.07) is 4.94. The topological polar surface area (TPSA) is 80.2 Å². The van der Waals surface area contributed by atoms with Crippen molar-refractivity contribution in [3.8, 4) is 0 Å². The highest BCUT2D eigenvalue weighted by molar-refractivity contribution is 6.05. The van der Waals surface area contributed by atoms with Gasteiger partial charge in [0.05, 0.1) is 13.3 Å². The third-order valence-corrected chi connectivity index (χ3v) is 3.29. The second kappa shape index (κ2) is 4.84. The van der Waals surface area contributed by atoms with Crippen LogP contribution in [0.3, 0.4) is 0 Å². The first-order chi connectivity index (χ1) is 9.70. The predicted molar refractivity (Wildman–Crippen MR) is 70.7 cm³/mol. The number of hydrogen-bond donors (Lipinski definition) is 1. The fourth-order valence-corrected chi connectivity index (χ4v) is 2.32. The molecule has 2 aromatic rings. The maximum atomic E-state index is 12.5. The van der Waals surface area contributed by atoms with Crippen LogP contribution in [0.4, 0.5) is 5.82 Å². The van der Waals surface area contributed by atoms with Gasteiger partial charge in [-0.1, -0.05) is 0 Å². The quantitative estimate of drug-likeness (QED) is 0.830. The first-order valence-corrected chi connectivity index (χ1v) is 6.31. The van der Waals surface area contributed by atoms with Crippen molar-refractivity contribution in [1.82, 2.24) is 14.8 Å². The summed E-state index contributed by atoms with van der Waals surface area (Å²) >= 11 is 0. The van der Waals surface area contributed by atoms with E-state index in [1.165, 1.54) is 7.11 Å². The minimum absolute atomic E-state index is 0.179. The van der Waals surface area contributed by atoms with Crippen LogP contribution in [0.1, 0.15) is 27.4 Å². The average Bonchev–Trinajstić information content (AvgIpc) is 3.13. The Hall–Kier alpha value is -2.57. The number of fused-ring (bicyclic) bond motifs is 1. The van der Waals surface area contributed by atoms with Crippen LogP contribution in [-0.4, -0.2) is 40.3 Å². The zero-order chi connectivity index (χ0) is 14.1. The van der Waals surface area contributed by atoms with Crippen LogP contribution in [0.25, 0.3) is 0 Å². The fourth-order valence-electron chi connectivity index (χ4n) is 2.32. The van der Waals surface area contributed by atoms with Gasteiger partial charge in [-0.15, -0.1) is 0 Å². The highest BCUT2D eigenvalue weighted by Crippen LogP contribution is 2.21. The van der Waals surface area contributed by atoms with E-state index in [0.717, 1.165) is 18.8 Å². The normalized spacial score (nSPS) is 13.9. The number of rotatable bonds is 2. The minimum atomic E-state index is -0.493. The summed E-state index contributed by atoms with van der Waals surface area (Å²) in [4.78, 5) is 28.3. The minimum Gasteiger partial charge on any atom is -0.464 e. The summed E-state index contributed by atoms with van der Waals surface area (Å²) in [5.74, 6) is 0.102. The molecule has 0 aliphatic carbocycles. The number of anilines is 1. The molecule has 3 heterocycles. The van der Waals surface area contributed by atoms with E-state index in [2.05, 4.69) is 14.8 Å². The molecule has 2 aromatic heterocycles. The number of nitrogens with one attached hydrogen (secondary N) is 1. The molecule has 0 aromatic carbocycles. The van der Waals surface area contributed by atoms with E-state index >= 15 is 0 Å². The number of carbonyl (C=O) groups is 2. The molecule has 7 heteroatoms. The van der Waals surface area contributed by atoms with Crippen molar-refractivity contribution in [3.05, 3.63) is 35.8 Å². The molecule has 0 spiro atoms. The SMILES string of the molecule is COC(=O)c1ccc(C(=O)N2CCCn3nccc32)[nH]1. The van der Waals surface area contributed by atoms with E-state index in [9.17, 15) is 9.59 Å². The van der Waals surface area contributed by atoms with Gasteiger partial charge in [-0.25, -0.2) is 9.48 Å². The van der Waals surface area contributed by atoms with E-state index in [0.29, 0.717) is 12.2 Å². The number of nitrogens with zero attached hydrogens (tertiary/aromatic N) is 3. The molecular formula is C13H14N4O3. The summed E-state index contributed by atoms with van der Waals surface area (Å²) in [6.07, 6.45) is 2.53. The Balaban J connectivity index is 1.87. The third kappa shape index (κ3) is 1.97. The highest BCUT2D eigenvalue weighted by Gasteiger charge is 2.25. The number of aromatic amines is 1. The zero-order valence-corrected chi connectivity index (χ0v) is 11.0. The van der Waals surface area contributed by atoms with Gasteiger partial charge in [0.2, 0.25) is 0 Å². The van der Waals surface area contributed by atoms with Crippen LogP contribution in [0, 0.1) is 0 Å². The van der Waals surface area contributed by atoms with Crippen LogP contribution in [0.5, 0.6) is 0 Å². The molecule has 7 nitrogen and oxygen atoms in total. The lowest BCUT2D eigenvalue weighted by Gasteiger charge is -2.27. The zero-order valence-electron chi connectivity index (χ0n) is 11.0. The van der Waals surface area contributed by atoms with Gasteiger partial charge in [-0.3, -0.25) is 9.69 Å². The van der Waals surface area contributed by atoms with Crippen molar-refractivity contribution in [2.45, 2.75) is 13.0 Å². The summed E-state index contributed by atoms with van der Waals surface area (Å²) in [6.45, 7) is 1.45. The van der Waals surface area contributed by atoms with Crippen molar-refractivity contribution in [2.75, 3.05) is 18.6 Å². The van der Waals surface area contributed by atoms with E-state index in [4.69, 9.17) is 0 Å². The number of esters is 1. The van der Waals surface area contributed by atoms with Gasteiger partial charge in [0, 0.05) is 19.2 Å². The Labute approximate surface area is 115 Å². The van der Waals surface area contributed by atoms with Gasteiger partial charge < -0.3 is 9.72 Å².